The van der Waals surface area contributed by atoms with Crippen LogP contribution >= 0.6 is 0 Å². The van der Waals surface area contributed by atoms with Gasteiger partial charge in [0.1, 0.15) is 0 Å². The molecule has 2 unspecified atom stereocenters. The van der Waals surface area contributed by atoms with Gasteiger partial charge in [-0.15, -0.1) is 0 Å². The molecule has 0 radical (unpaired) electrons. The highest BCUT2D eigenvalue weighted by Crippen LogP contribution is 2.35. The average molecular weight is 440 g/mol. The number of H-pyrrole nitrogens is 1. The van der Waals surface area contributed by atoms with Gasteiger partial charge in [-0.3, -0.25) is 19.7 Å². The molecule has 0 bridgehead atoms. The average Bonchev–Trinajstić information content (AvgIpc) is 3.33. The SMILES string of the molecule is O=C(c1cc(=O)[nH]c2ccc([N+](=O)[O-])cc12)N1CC2CN(c3ccc(F)c(F)c3)CC2C1. The predicted octanol–water partition coefficient (Wildman–Crippen LogP) is 2.92. The minimum absolute atomic E-state index is 0.130. The first kappa shape index (κ1) is 20.1. The number of hydrogen-bond donors (Lipinski definition) is 1. The van der Waals surface area contributed by atoms with Crippen LogP contribution in [0.1, 0.15) is 10.4 Å². The Morgan fingerprint density at radius 1 is 1.00 bits per heavy atom. The van der Waals surface area contributed by atoms with Gasteiger partial charge in [0.25, 0.3) is 11.6 Å². The quantitative estimate of drug-likeness (QED) is 0.499. The Bertz CT molecular complexity index is 1310. The topological polar surface area (TPSA) is 99.5 Å². The smallest absolute Gasteiger partial charge is 0.270 e. The number of nitrogens with one attached hydrogen (secondary N) is 1. The molecule has 2 saturated heterocycles. The monoisotopic (exact) mass is 440 g/mol. The summed E-state index contributed by atoms with van der Waals surface area (Å²) in [5, 5.41) is 11.5. The molecule has 3 aromatic rings. The molecule has 2 aromatic carbocycles. The minimum atomic E-state index is -0.897. The summed E-state index contributed by atoms with van der Waals surface area (Å²) in [4.78, 5) is 42.2. The number of pyridine rings is 1. The van der Waals surface area contributed by atoms with E-state index in [0.717, 1.165) is 6.07 Å². The van der Waals surface area contributed by atoms with E-state index in [-0.39, 0.29) is 29.0 Å². The number of anilines is 1. The maximum absolute atomic E-state index is 13.6. The summed E-state index contributed by atoms with van der Waals surface area (Å²) in [6.07, 6.45) is 0. The van der Waals surface area contributed by atoms with Crippen LogP contribution in [0.25, 0.3) is 10.9 Å². The van der Waals surface area contributed by atoms with Crippen molar-refractivity contribution in [2.24, 2.45) is 11.8 Å². The van der Waals surface area contributed by atoms with Gasteiger partial charge in [-0.2, -0.15) is 0 Å². The molecule has 3 heterocycles. The van der Waals surface area contributed by atoms with Crippen molar-refractivity contribution in [2.75, 3.05) is 31.1 Å². The number of non-ortho nitro benzene ring substituents is 1. The highest BCUT2D eigenvalue weighted by Gasteiger charge is 2.42. The van der Waals surface area contributed by atoms with Crippen molar-refractivity contribution in [2.45, 2.75) is 0 Å². The number of aromatic amines is 1. The van der Waals surface area contributed by atoms with Crippen LogP contribution in [0.4, 0.5) is 20.2 Å². The molecule has 1 N–H and O–H groups in total. The molecule has 32 heavy (non-hydrogen) atoms. The van der Waals surface area contributed by atoms with Gasteiger partial charge in [0.15, 0.2) is 11.6 Å². The van der Waals surface area contributed by atoms with E-state index in [2.05, 4.69) is 4.98 Å². The molecule has 10 heteroatoms. The zero-order valence-electron chi connectivity index (χ0n) is 16.8. The van der Waals surface area contributed by atoms with Crippen LogP contribution in [-0.2, 0) is 0 Å². The second-order valence-corrected chi connectivity index (χ2v) is 8.27. The van der Waals surface area contributed by atoms with E-state index in [9.17, 15) is 28.5 Å². The Labute approximate surface area is 180 Å². The molecule has 1 amide bonds. The van der Waals surface area contributed by atoms with Crippen LogP contribution in [0.2, 0.25) is 0 Å². The fourth-order valence-electron chi connectivity index (χ4n) is 4.75. The Morgan fingerprint density at radius 2 is 1.72 bits per heavy atom. The number of aromatic nitrogens is 1. The molecule has 2 aliphatic heterocycles. The summed E-state index contributed by atoms with van der Waals surface area (Å²) in [7, 11) is 0. The van der Waals surface area contributed by atoms with Crippen LogP contribution in [-0.4, -0.2) is 46.9 Å². The Hall–Kier alpha value is -3.82. The zero-order valence-corrected chi connectivity index (χ0v) is 16.8. The van der Waals surface area contributed by atoms with Gasteiger partial charge in [-0.1, -0.05) is 0 Å². The Morgan fingerprint density at radius 3 is 2.38 bits per heavy atom. The summed E-state index contributed by atoms with van der Waals surface area (Å²) in [6, 6.07) is 8.98. The van der Waals surface area contributed by atoms with Crippen molar-refractivity contribution in [1.82, 2.24) is 9.88 Å². The zero-order chi connectivity index (χ0) is 22.6. The maximum atomic E-state index is 13.6. The van der Waals surface area contributed by atoms with E-state index < -0.39 is 22.1 Å². The number of carbonyl (C=O) groups excluding carboxylic acids is 1. The summed E-state index contributed by atoms with van der Waals surface area (Å²) in [5.41, 5.74) is 0.460. The number of fused-ring (bicyclic) bond motifs is 2. The molecule has 8 nitrogen and oxygen atoms in total. The first-order valence-electron chi connectivity index (χ1n) is 10.1. The third-order valence-electron chi connectivity index (χ3n) is 6.31. The highest BCUT2D eigenvalue weighted by molar-refractivity contribution is 6.06. The molecule has 2 atom stereocenters. The lowest BCUT2D eigenvalue weighted by molar-refractivity contribution is -0.384. The lowest BCUT2D eigenvalue weighted by Gasteiger charge is -2.23. The van der Waals surface area contributed by atoms with Gasteiger partial charge in [0.05, 0.1) is 10.5 Å². The van der Waals surface area contributed by atoms with E-state index in [1.165, 1.54) is 36.4 Å². The lowest BCUT2D eigenvalue weighted by atomic mass is 10.0. The summed E-state index contributed by atoms with van der Waals surface area (Å²) < 4.78 is 26.8. The Kier molecular flexibility index (Phi) is 4.65. The molecule has 5 rings (SSSR count). The predicted molar refractivity (Wildman–Crippen MR) is 113 cm³/mol. The van der Waals surface area contributed by atoms with Crippen molar-refractivity contribution in [3.8, 4) is 0 Å². The van der Waals surface area contributed by atoms with Gasteiger partial charge in [-0.25, -0.2) is 8.78 Å². The largest absolute Gasteiger partial charge is 0.371 e. The molecular formula is C22H18F2N4O4. The molecule has 0 spiro atoms. The standard InChI is InChI=1S/C22H18F2N4O4/c23-18-3-1-14(6-19(18)24)26-8-12-10-27(11-13(12)9-26)22(30)17-7-21(29)25-20-4-2-15(28(31)32)5-16(17)20/h1-7,12-13H,8-11H2,(H,25,29). The van der Waals surface area contributed by atoms with Crippen LogP contribution in [0.15, 0.2) is 47.3 Å². The third kappa shape index (κ3) is 3.37. The Balaban J connectivity index is 1.38. The van der Waals surface area contributed by atoms with Crippen molar-refractivity contribution in [3.05, 3.63) is 80.1 Å². The summed E-state index contributed by atoms with van der Waals surface area (Å²) in [5.74, 6) is -1.85. The van der Waals surface area contributed by atoms with E-state index in [1.54, 1.807) is 4.90 Å². The first-order chi connectivity index (χ1) is 15.3. The van der Waals surface area contributed by atoms with Crippen molar-refractivity contribution < 1.29 is 18.5 Å². The van der Waals surface area contributed by atoms with Gasteiger partial charge >= 0.3 is 0 Å². The van der Waals surface area contributed by atoms with Gasteiger partial charge in [0.2, 0.25) is 5.56 Å². The number of likely N-dealkylation sites (tertiary alicyclic amines) is 1. The number of benzene rings is 2. The number of hydrogen-bond acceptors (Lipinski definition) is 5. The normalized spacial score (nSPS) is 20.1. The van der Waals surface area contributed by atoms with Crippen LogP contribution in [0.5, 0.6) is 0 Å². The molecule has 2 fully saturated rings. The fourth-order valence-corrected chi connectivity index (χ4v) is 4.75. The van der Waals surface area contributed by atoms with Crippen LogP contribution in [0, 0.1) is 33.6 Å². The number of rotatable bonds is 3. The summed E-state index contributed by atoms with van der Waals surface area (Å²) in [6.45, 7) is 2.10. The van der Waals surface area contributed by atoms with Gasteiger partial charge in [-0.05, 0) is 18.2 Å². The molecule has 2 aliphatic rings. The maximum Gasteiger partial charge on any atom is 0.270 e. The van der Waals surface area contributed by atoms with Gasteiger partial charge in [0, 0.05) is 78.9 Å². The fraction of sp³-hybridized carbons (Fsp3) is 0.273. The lowest BCUT2D eigenvalue weighted by Crippen LogP contribution is -2.34. The molecule has 0 saturated carbocycles. The number of carbonyl (C=O) groups is 1. The number of nitro groups is 1. The first-order valence-corrected chi connectivity index (χ1v) is 10.1. The van der Waals surface area contributed by atoms with Crippen LogP contribution < -0.4 is 10.5 Å². The van der Waals surface area contributed by atoms with Crippen LogP contribution in [0.3, 0.4) is 0 Å². The van der Waals surface area contributed by atoms with E-state index in [0.29, 0.717) is 42.8 Å². The second-order valence-electron chi connectivity index (χ2n) is 8.27. The molecular weight excluding hydrogens is 422 g/mol. The molecule has 164 valence electrons. The number of halogens is 2. The highest BCUT2D eigenvalue weighted by atomic mass is 19.2. The number of amides is 1. The van der Waals surface area contributed by atoms with E-state index >= 15 is 0 Å². The van der Waals surface area contributed by atoms with E-state index in [1.807, 2.05) is 4.90 Å². The minimum Gasteiger partial charge on any atom is -0.371 e. The second kappa shape index (κ2) is 7.40. The number of nitrogens with zero attached hydrogens (tertiary/aromatic N) is 3. The summed E-state index contributed by atoms with van der Waals surface area (Å²) >= 11 is 0. The third-order valence-corrected chi connectivity index (χ3v) is 6.31. The number of nitro benzene ring substituents is 1. The van der Waals surface area contributed by atoms with E-state index in [4.69, 9.17) is 0 Å². The van der Waals surface area contributed by atoms with Gasteiger partial charge < -0.3 is 14.8 Å². The van der Waals surface area contributed by atoms with Crippen molar-refractivity contribution >= 4 is 28.2 Å². The van der Waals surface area contributed by atoms with Crippen molar-refractivity contribution in [1.29, 1.82) is 0 Å². The van der Waals surface area contributed by atoms with Crippen molar-refractivity contribution in [3.63, 3.8) is 0 Å². The molecule has 0 aliphatic carbocycles. The molecule has 1 aromatic heterocycles.